The molecule has 1 heterocycles. The van der Waals surface area contributed by atoms with Crippen molar-refractivity contribution in [2.75, 3.05) is 18.0 Å². The lowest BCUT2D eigenvalue weighted by atomic mass is 9.95. The Hall–Kier alpha value is -2.44. The van der Waals surface area contributed by atoms with E-state index in [1.807, 2.05) is 4.90 Å². The Balaban J connectivity index is 2.19. The van der Waals surface area contributed by atoms with Gasteiger partial charge in [-0.15, -0.1) is 0 Å². The largest absolute Gasteiger partial charge is 0.371 e. The number of amides is 1. The Kier molecular flexibility index (Phi) is 3.97. The Labute approximate surface area is 115 Å². The topological polar surface area (TPSA) is 107 Å². The third-order valence-electron chi connectivity index (χ3n) is 3.59. The van der Waals surface area contributed by atoms with E-state index in [1.165, 1.54) is 12.1 Å². The number of carbonyl (C=O) groups is 2. The summed E-state index contributed by atoms with van der Waals surface area (Å²) in [5, 5.41) is 10.7. The zero-order valence-corrected chi connectivity index (χ0v) is 10.8. The zero-order valence-electron chi connectivity index (χ0n) is 10.8. The lowest BCUT2D eigenvalue weighted by molar-refractivity contribution is -0.384. The quantitative estimate of drug-likeness (QED) is 0.504. The van der Waals surface area contributed by atoms with E-state index in [0.717, 1.165) is 0 Å². The number of nitrogens with two attached hydrogens (primary N) is 1. The Bertz CT molecular complexity index is 551. The van der Waals surface area contributed by atoms with Gasteiger partial charge in [-0.2, -0.15) is 0 Å². The second kappa shape index (κ2) is 5.68. The van der Waals surface area contributed by atoms with Gasteiger partial charge in [-0.05, 0) is 18.9 Å². The zero-order chi connectivity index (χ0) is 14.7. The summed E-state index contributed by atoms with van der Waals surface area (Å²) in [5.74, 6) is -0.437. The summed E-state index contributed by atoms with van der Waals surface area (Å²) >= 11 is 0. The number of carbonyl (C=O) groups excluding carboxylic acids is 2. The number of primary amides is 1. The highest BCUT2D eigenvalue weighted by molar-refractivity contribution is 5.86. The van der Waals surface area contributed by atoms with Gasteiger partial charge in [0.05, 0.1) is 4.92 Å². The van der Waals surface area contributed by atoms with E-state index in [1.54, 1.807) is 6.07 Å². The van der Waals surface area contributed by atoms with Gasteiger partial charge in [0.15, 0.2) is 6.29 Å². The lowest BCUT2D eigenvalue weighted by Gasteiger charge is -2.32. The first-order valence-electron chi connectivity index (χ1n) is 6.31. The number of nitro groups is 1. The molecule has 1 fully saturated rings. The van der Waals surface area contributed by atoms with Crippen molar-refractivity contribution >= 4 is 23.6 Å². The molecule has 2 rings (SSSR count). The molecule has 1 aliphatic heterocycles. The number of hydrogen-bond donors (Lipinski definition) is 1. The second-order valence-electron chi connectivity index (χ2n) is 4.78. The van der Waals surface area contributed by atoms with Gasteiger partial charge >= 0.3 is 0 Å². The standard InChI is InChI=1S/C13H15N3O4/c14-13(18)9-3-5-15(6-4-9)12-2-1-11(16(19)20)7-10(12)8-17/h1-2,7-9H,3-6H2,(H2,14,18). The highest BCUT2D eigenvalue weighted by Crippen LogP contribution is 2.28. The molecule has 0 aromatic heterocycles. The van der Waals surface area contributed by atoms with Crippen molar-refractivity contribution in [2.24, 2.45) is 11.7 Å². The molecule has 0 aliphatic carbocycles. The predicted molar refractivity (Wildman–Crippen MR) is 72.6 cm³/mol. The minimum absolute atomic E-state index is 0.108. The number of hydrogen-bond acceptors (Lipinski definition) is 5. The normalized spacial score (nSPS) is 15.9. The molecule has 0 unspecified atom stereocenters. The van der Waals surface area contributed by atoms with Gasteiger partial charge in [0.25, 0.3) is 5.69 Å². The van der Waals surface area contributed by atoms with Crippen molar-refractivity contribution in [1.29, 1.82) is 0 Å². The lowest BCUT2D eigenvalue weighted by Crippen LogP contribution is -2.38. The van der Waals surface area contributed by atoms with Crippen LogP contribution in [0, 0.1) is 16.0 Å². The Morgan fingerprint density at radius 2 is 2.05 bits per heavy atom. The number of anilines is 1. The summed E-state index contributed by atoms with van der Waals surface area (Å²) in [6, 6.07) is 4.22. The summed E-state index contributed by atoms with van der Waals surface area (Å²) in [7, 11) is 0. The molecule has 106 valence electrons. The van der Waals surface area contributed by atoms with Gasteiger partial charge in [-0.3, -0.25) is 19.7 Å². The van der Waals surface area contributed by atoms with Crippen LogP contribution in [0.5, 0.6) is 0 Å². The van der Waals surface area contributed by atoms with Crippen molar-refractivity contribution in [2.45, 2.75) is 12.8 Å². The molecule has 0 spiro atoms. The third-order valence-corrected chi connectivity index (χ3v) is 3.59. The number of rotatable bonds is 4. The van der Waals surface area contributed by atoms with Gasteiger partial charge in [0.2, 0.25) is 5.91 Å². The van der Waals surface area contributed by atoms with E-state index in [-0.39, 0.29) is 23.1 Å². The maximum Gasteiger partial charge on any atom is 0.270 e. The van der Waals surface area contributed by atoms with Crippen LogP contribution in [0.3, 0.4) is 0 Å². The third kappa shape index (κ3) is 2.76. The number of aldehydes is 1. The summed E-state index contributed by atoms with van der Waals surface area (Å²) in [5.41, 5.74) is 6.11. The fourth-order valence-corrected chi connectivity index (χ4v) is 2.44. The number of benzene rings is 1. The number of non-ortho nitro benzene ring substituents is 1. The van der Waals surface area contributed by atoms with Crippen molar-refractivity contribution in [1.82, 2.24) is 0 Å². The van der Waals surface area contributed by atoms with Crippen LogP contribution in [0.1, 0.15) is 23.2 Å². The first-order valence-corrected chi connectivity index (χ1v) is 6.31. The van der Waals surface area contributed by atoms with Crippen LogP contribution in [0.15, 0.2) is 18.2 Å². The van der Waals surface area contributed by atoms with Crippen LogP contribution in [-0.4, -0.2) is 30.2 Å². The number of nitro benzene ring substituents is 1. The van der Waals surface area contributed by atoms with Crippen molar-refractivity contribution < 1.29 is 14.5 Å². The average Bonchev–Trinajstić information content (AvgIpc) is 2.46. The van der Waals surface area contributed by atoms with Crippen molar-refractivity contribution in [3.8, 4) is 0 Å². The maximum absolute atomic E-state index is 11.1. The summed E-state index contributed by atoms with van der Waals surface area (Å²) in [4.78, 5) is 34.3. The molecule has 1 amide bonds. The molecule has 2 N–H and O–H groups in total. The predicted octanol–water partition coefficient (Wildman–Crippen LogP) is 1.11. The molecule has 1 aromatic rings. The van der Waals surface area contributed by atoms with Gasteiger partial charge < -0.3 is 10.6 Å². The molecule has 7 nitrogen and oxygen atoms in total. The minimum atomic E-state index is -0.532. The molecule has 1 aromatic carbocycles. The molecular weight excluding hydrogens is 262 g/mol. The molecule has 1 saturated heterocycles. The Morgan fingerprint density at radius 1 is 1.40 bits per heavy atom. The van der Waals surface area contributed by atoms with Crippen LogP contribution in [0.25, 0.3) is 0 Å². The molecule has 20 heavy (non-hydrogen) atoms. The molecule has 0 radical (unpaired) electrons. The number of nitrogens with zero attached hydrogens (tertiary/aromatic N) is 2. The van der Waals surface area contributed by atoms with Crippen LogP contribution in [0.2, 0.25) is 0 Å². The van der Waals surface area contributed by atoms with E-state index in [9.17, 15) is 19.7 Å². The summed E-state index contributed by atoms with van der Waals surface area (Å²) in [6.07, 6.45) is 1.87. The second-order valence-corrected chi connectivity index (χ2v) is 4.78. The van der Waals surface area contributed by atoms with Crippen LogP contribution in [-0.2, 0) is 4.79 Å². The van der Waals surface area contributed by atoms with Crippen LogP contribution in [0.4, 0.5) is 11.4 Å². The maximum atomic E-state index is 11.1. The van der Waals surface area contributed by atoms with Crippen molar-refractivity contribution in [3.63, 3.8) is 0 Å². The van der Waals surface area contributed by atoms with Gasteiger partial charge in [-0.25, -0.2) is 0 Å². The first-order chi connectivity index (χ1) is 9.52. The van der Waals surface area contributed by atoms with Gasteiger partial charge in [0, 0.05) is 42.4 Å². The monoisotopic (exact) mass is 277 g/mol. The molecule has 1 aliphatic rings. The molecule has 0 bridgehead atoms. The minimum Gasteiger partial charge on any atom is -0.371 e. The van der Waals surface area contributed by atoms with E-state index >= 15 is 0 Å². The van der Waals surface area contributed by atoms with Gasteiger partial charge in [-0.1, -0.05) is 0 Å². The summed E-state index contributed by atoms with van der Waals surface area (Å²) < 4.78 is 0. The molecule has 7 heteroatoms. The molecule has 0 saturated carbocycles. The highest BCUT2D eigenvalue weighted by Gasteiger charge is 2.25. The fourth-order valence-electron chi connectivity index (χ4n) is 2.44. The SMILES string of the molecule is NC(=O)C1CCN(c2ccc([N+](=O)[O-])cc2C=O)CC1. The number of piperidine rings is 1. The van der Waals surface area contributed by atoms with E-state index in [4.69, 9.17) is 5.73 Å². The Morgan fingerprint density at radius 3 is 2.55 bits per heavy atom. The van der Waals surface area contributed by atoms with E-state index in [0.29, 0.717) is 37.9 Å². The smallest absolute Gasteiger partial charge is 0.270 e. The van der Waals surface area contributed by atoms with Crippen LogP contribution >= 0.6 is 0 Å². The highest BCUT2D eigenvalue weighted by atomic mass is 16.6. The van der Waals surface area contributed by atoms with Gasteiger partial charge in [0.1, 0.15) is 0 Å². The summed E-state index contributed by atoms with van der Waals surface area (Å²) in [6.45, 7) is 1.21. The van der Waals surface area contributed by atoms with Crippen LogP contribution < -0.4 is 10.6 Å². The van der Waals surface area contributed by atoms with E-state index in [2.05, 4.69) is 0 Å². The molecule has 0 atom stereocenters. The van der Waals surface area contributed by atoms with Crippen molar-refractivity contribution in [3.05, 3.63) is 33.9 Å². The molecular formula is C13H15N3O4. The fraction of sp³-hybridized carbons (Fsp3) is 0.385. The first kappa shape index (κ1) is 14.0. The average molecular weight is 277 g/mol. The van der Waals surface area contributed by atoms with E-state index < -0.39 is 4.92 Å².